The Kier molecular flexibility index (Phi) is 7.31. The maximum Gasteiger partial charge on any atom is 0.426 e. The second-order valence-corrected chi connectivity index (χ2v) is 9.13. The van der Waals surface area contributed by atoms with Gasteiger partial charge in [-0.05, 0) is 49.9 Å². The summed E-state index contributed by atoms with van der Waals surface area (Å²) in [6.07, 6.45) is -11.3. The van der Waals surface area contributed by atoms with Crippen LogP contribution in [0.25, 0.3) is 11.6 Å². The molecule has 0 fully saturated rings. The number of carbonyl (C=O) groups is 1. The number of rotatable bonds is 2. The third kappa shape index (κ3) is 5.40. The van der Waals surface area contributed by atoms with Crippen molar-refractivity contribution < 1.29 is 45.1 Å². The molecule has 0 aliphatic carbocycles. The van der Waals surface area contributed by atoms with Crippen LogP contribution in [0, 0.1) is 5.82 Å². The molecule has 15 heteroatoms. The summed E-state index contributed by atoms with van der Waals surface area (Å²) in [5, 5.41) is 17.2. The van der Waals surface area contributed by atoms with E-state index in [4.69, 9.17) is 10.2 Å². The van der Waals surface area contributed by atoms with Crippen molar-refractivity contribution in [3.63, 3.8) is 0 Å². The third-order valence-electron chi connectivity index (χ3n) is 6.53. The predicted molar refractivity (Wildman–Crippen MR) is 121 cm³/mol. The number of aliphatic hydroxyl groups is 1. The second kappa shape index (κ2) is 10.1. The largest absolute Gasteiger partial charge is 0.426 e. The third-order valence-corrected chi connectivity index (χ3v) is 6.53. The van der Waals surface area contributed by atoms with E-state index in [2.05, 4.69) is 15.2 Å². The van der Waals surface area contributed by atoms with Gasteiger partial charge in [-0.3, -0.25) is 4.79 Å². The molecular weight excluding hydrogens is 539 g/mol. The van der Waals surface area contributed by atoms with E-state index in [1.54, 1.807) is 0 Å². The molecular formula is C24H22F7N5O3. The highest BCUT2D eigenvalue weighted by Crippen LogP contribution is 2.44. The first-order valence-electron chi connectivity index (χ1n) is 11.7. The zero-order valence-electron chi connectivity index (χ0n) is 20.3. The normalized spacial score (nSPS) is 20.0. The minimum absolute atomic E-state index is 0.0475. The van der Waals surface area contributed by atoms with Gasteiger partial charge in [-0.15, -0.1) is 10.2 Å². The van der Waals surface area contributed by atoms with Gasteiger partial charge in [-0.1, -0.05) is 18.6 Å². The van der Waals surface area contributed by atoms with Gasteiger partial charge in [0.15, 0.2) is 5.69 Å². The number of hydrogen-bond donors (Lipinski definition) is 2. The molecule has 4 rings (SSSR count). The number of halogens is 7. The van der Waals surface area contributed by atoms with Gasteiger partial charge >= 0.3 is 12.4 Å². The number of pyridine rings is 1. The zero-order valence-corrected chi connectivity index (χ0v) is 20.3. The first-order chi connectivity index (χ1) is 18.1. The molecule has 8 nitrogen and oxygen atoms in total. The number of benzene rings is 1. The Morgan fingerprint density at radius 3 is 2.33 bits per heavy atom. The average molecular weight is 561 g/mol. The number of carbonyl (C=O) groups excluding carboxylic acids is 1. The Morgan fingerprint density at radius 2 is 1.72 bits per heavy atom. The van der Waals surface area contributed by atoms with Crippen molar-refractivity contribution in [2.75, 3.05) is 12.3 Å². The number of nitrogens with two attached hydrogens (primary N) is 1. The van der Waals surface area contributed by atoms with Crippen molar-refractivity contribution in [1.82, 2.24) is 20.1 Å². The van der Waals surface area contributed by atoms with E-state index in [0.717, 1.165) is 17.0 Å². The van der Waals surface area contributed by atoms with E-state index in [9.17, 15) is 40.6 Å². The number of alkyl halides is 6. The molecule has 0 spiro atoms. The van der Waals surface area contributed by atoms with Crippen LogP contribution in [-0.2, 0) is 11.8 Å². The van der Waals surface area contributed by atoms with Gasteiger partial charge < -0.3 is 20.2 Å². The van der Waals surface area contributed by atoms with Gasteiger partial charge in [-0.25, -0.2) is 9.37 Å². The van der Waals surface area contributed by atoms with Crippen molar-refractivity contribution in [3.8, 4) is 11.6 Å². The minimum Gasteiger partial charge on any atom is -0.416 e. The van der Waals surface area contributed by atoms with Gasteiger partial charge in [0.25, 0.3) is 17.7 Å². The Balaban J connectivity index is 1.90. The van der Waals surface area contributed by atoms with Crippen LogP contribution in [-0.4, -0.2) is 43.8 Å². The van der Waals surface area contributed by atoms with Crippen molar-refractivity contribution in [2.24, 2.45) is 0 Å². The standard InChI is InChI=1S/C24H22F7N5O3/c1-12(13-5-7-14(25)8-6-13)36-10-4-2-3-9-22(38,24(29,30)31)21-35-34-19(39-21)18-16(32)11-15(23(26,27)28)17(33-18)20(36)37/h5-8,11-12,38H,2-4,9-10,32H2,1H3/t12-,22-/m1/s1. The predicted octanol–water partition coefficient (Wildman–Crippen LogP) is 5.40. The number of hydrogen-bond acceptors (Lipinski definition) is 7. The Morgan fingerprint density at radius 1 is 1.05 bits per heavy atom. The highest BCUT2D eigenvalue weighted by atomic mass is 19.4. The summed E-state index contributed by atoms with van der Waals surface area (Å²) < 4.78 is 102. The summed E-state index contributed by atoms with van der Waals surface area (Å²) in [5.41, 5.74) is -1.36. The zero-order chi connectivity index (χ0) is 28.8. The van der Waals surface area contributed by atoms with Gasteiger partial charge in [0, 0.05) is 6.54 Å². The first kappa shape index (κ1) is 28.3. The minimum atomic E-state index is -5.22. The van der Waals surface area contributed by atoms with Crippen LogP contribution in [0.4, 0.5) is 36.4 Å². The second-order valence-electron chi connectivity index (χ2n) is 9.13. The van der Waals surface area contributed by atoms with Crippen LogP contribution in [0.3, 0.4) is 0 Å². The van der Waals surface area contributed by atoms with Crippen LogP contribution in [0.15, 0.2) is 34.7 Å². The molecule has 4 bridgehead atoms. The molecule has 39 heavy (non-hydrogen) atoms. The van der Waals surface area contributed by atoms with E-state index < -0.39 is 76.6 Å². The van der Waals surface area contributed by atoms with Gasteiger partial charge in [-0.2, -0.15) is 26.3 Å². The topological polar surface area (TPSA) is 118 Å². The number of nitrogens with zero attached hydrogens (tertiary/aromatic N) is 4. The number of aromatic nitrogens is 3. The average Bonchev–Trinajstić information content (AvgIpc) is 3.34. The fraction of sp³-hybridized carbons (Fsp3) is 0.417. The molecule has 2 aromatic heterocycles. The summed E-state index contributed by atoms with van der Waals surface area (Å²) in [7, 11) is 0. The van der Waals surface area contributed by atoms with Crippen LogP contribution in [0.2, 0.25) is 0 Å². The van der Waals surface area contributed by atoms with Crippen molar-refractivity contribution in [1.29, 1.82) is 0 Å². The van der Waals surface area contributed by atoms with E-state index in [1.165, 1.54) is 19.1 Å². The maximum atomic E-state index is 14.0. The lowest BCUT2D eigenvalue weighted by Gasteiger charge is -2.31. The molecule has 3 heterocycles. The summed E-state index contributed by atoms with van der Waals surface area (Å²) in [6.45, 7) is 1.32. The lowest BCUT2D eigenvalue weighted by Crippen LogP contribution is -2.42. The summed E-state index contributed by atoms with van der Waals surface area (Å²) in [5.74, 6) is -3.77. The molecule has 3 N–H and O–H groups in total. The van der Waals surface area contributed by atoms with E-state index in [1.807, 2.05) is 0 Å². The molecule has 1 amide bonds. The number of fused-ring (bicyclic) bond motifs is 5. The molecule has 0 unspecified atom stereocenters. The van der Waals surface area contributed by atoms with Gasteiger partial charge in [0.05, 0.1) is 17.3 Å². The molecule has 210 valence electrons. The van der Waals surface area contributed by atoms with Crippen LogP contribution < -0.4 is 5.73 Å². The van der Waals surface area contributed by atoms with Crippen LogP contribution >= 0.6 is 0 Å². The van der Waals surface area contributed by atoms with E-state index in [-0.39, 0.29) is 25.8 Å². The molecule has 0 saturated heterocycles. The summed E-state index contributed by atoms with van der Waals surface area (Å²) in [6, 6.07) is 4.47. The molecule has 1 aliphatic heterocycles. The molecule has 1 aromatic carbocycles. The Bertz CT molecular complexity index is 1360. The lowest BCUT2D eigenvalue weighted by atomic mass is 9.95. The van der Waals surface area contributed by atoms with Crippen molar-refractivity contribution >= 4 is 11.6 Å². The smallest absolute Gasteiger partial charge is 0.416 e. The molecule has 3 aromatic rings. The van der Waals surface area contributed by atoms with Crippen molar-refractivity contribution in [3.05, 3.63) is 58.9 Å². The highest BCUT2D eigenvalue weighted by molar-refractivity contribution is 5.95. The number of amides is 1. The first-order valence-corrected chi connectivity index (χ1v) is 11.7. The lowest BCUT2D eigenvalue weighted by molar-refractivity contribution is -0.277. The molecule has 0 saturated carbocycles. The van der Waals surface area contributed by atoms with Gasteiger partial charge in [0.1, 0.15) is 11.5 Å². The monoisotopic (exact) mass is 561 g/mol. The Hall–Kier alpha value is -3.75. The molecule has 2 atom stereocenters. The van der Waals surface area contributed by atoms with Crippen molar-refractivity contribution in [2.45, 2.75) is 56.6 Å². The molecule has 1 aliphatic rings. The van der Waals surface area contributed by atoms with E-state index in [0.29, 0.717) is 11.6 Å². The number of anilines is 1. The van der Waals surface area contributed by atoms with Crippen LogP contribution in [0.5, 0.6) is 0 Å². The maximum absolute atomic E-state index is 14.0. The SMILES string of the molecule is C[C@H](c1ccc(F)cc1)N1CCCCC[C@](O)(C(F)(F)F)c2nnc(o2)-c2nc(c(C(F)(F)F)cc2N)C1=O. The van der Waals surface area contributed by atoms with E-state index >= 15 is 0 Å². The summed E-state index contributed by atoms with van der Waals surface area (Å²) >= 11 is 0. The quantitative estimate of drug-likeness (QED) is 0.403. The van der Waals surface area contributed by atoms with Gasteiger partial charge in [0.2, 0.25) is 5.60 Å². The molecule has 0 radical (unpaired) electrons. The van der Waals surface area contributed by atoms with Crippen LogP contribution in [0.1, 0.15) is 66.2 Å². The fourth-order valence-electron chi connectivity index (χ4n) is 4.30. The Labute approximate surface area is 216 Å². The fourth-order valence-corrected chi connectivity index (χ4v) is 4.30. The summed E-state index contributed by atoms with van der Waals surface area (Å²) in [4.78, 5) is 18.4. The number of nitrogen functional groups attached to an aromatic ring is 1. The highest BCUT2D eigenvalue weighted by Gasteiger charge is 2.58.